The third-order valence-corrected chi connectivity index (χ3v) is 5.77. The summed E-state index contributed by atoms with van der Waals surface area (Å²) in [6.45, 7) is 5.25. The zero-order valence-electron chi connectivity index (χ0n) is 14.1. The molecular formula is C19H32N2O. The standard InChI is InChI=1S/C19H32N2O/c22-19(18-9-5-2-6-10-18)21-15-13-20(14-16-21)12-11-17-7-3-1-4-8-17/h7,18H,1-6,8-16H2. The Balaban J connectivity index is 1.38. The number of amides is 1. The van der Waals surface area contributed by atoms with E-state index in [4.69, 9.17) is 0 Å². The molecule has 3 rings (SSSR count). The number of nitrogens with zero attached hydrogens (tertiary/aromatic N) is 2. The highest BCUT2D eigenvalue weighted by molar-refractivity contribution is 5.79. The number of carbonyl (C=O) groups is 1. The topological polar surface area (TPSA) is 23.6 Å². The first kappa shape index (κ1) is 16.0. The van der Waals surface area contributed by atoms with Gasteiger partial charge in [0.25, 0.3) is 0 Å². The van der Waals surface area contributed by atoms with Crippen molar-refractivity contribution in [3.05, 3.63) is 11.6 Å². The summed E-state index contributed by atoms with van der Waals surface area (Å²) in [5.74, 6) is 0.794. The largest absolute Gasteiger partial charge is 0.340 e. The maximum atomic E-state index is 12.6. The van der Waals surface area contributed by atoms with Gasteiger partial charge in [-0.2, -0.15) is 0 Å². The molecule has 1 heterocycles. The normalized spacial score (nSPS) is 25.1. The summed E-state index contributed by atoms with van der Waals surface area (Å²) >= 11 is 0. The van der Waals surface area contributed by atoms with Gasteiger partial charge in [-0.1, -0.05) is 30.9 Å². The molecule has 2 fully saturated rings. The van der Waals surface area contributed by atoms with Crippen LogP contribution in [-0.4, -0.2) is 48.4 Å². The van der Waals surface area contributed by atoms with Crippen LogP contribution in [0.1, 0.15) is 64.2 Å². The predicted molar refractivity (Wildman–Crippen MR) is 90.8 cm³/mol. The molecule has 1 saturated heterocycles. The lowest BCUT2D eigenvalue weighted by molar-refractivity contribution is -0.138. The highest BCUT2D eigenvalue weighted by Gasteiger charge is 2.28. The van der Waals surface area contributed by atoms with Crippen molar-refractivity contribution in [2.45, 2.75) is 64.2 Å². The number of hydrogen-bond acceptors (Lipinski definition) is 2. The van der Waals surface area contributed by atoms with Crippen molar-refractivity contribution in [2.24, 2.45) is 5.92 Å². The van der Waals surface area contributed by atoms with Crippen molar-refractivity contribution in [3.63, 3.8) is 0 Å². The van der Waals surface area contributed by atoms with Crippen molar-refractivity contribution in [1.29, 1.82) is 0 Å². The molecule has 1 amide bonds. The molecular weight excluding hydrogens is 272 g/mol. The van der Waals surface area contributed by atoms with Crippen LogP contribution in [0.4, 0.5) is 0 Å². The van der Waals surface area contributed by atoms with Crippen LogP contribution in [0.2, 0.25) is 0 Å². The summed E-state index contributed by atoms with van der Waals surface area (Å²) in [5.41, 5.74) is 1.67. The molecule has 0 aromatic heterocycles. The van der Waals surface area contributed by atoms with E-state index in [1.54, 1.807) is 5.57 Å². The van der Waals surface area contributed by atoms with Gasteiger partial charge in [0.2, 0.25) is 5.91 Å². The lowest BCUT2D eigenvalue weighted by Crippen LogP contribution is -2.50. The molecule has 22 heavy (non-hydrogen) atoms. The summed E-state index contributed by atoms with van der Waals surface area (Å²) in [5, 5.41) is 0. The van der Waals surface area contributed by atoms with Gasteiger partial charge in [-0.25, -0.2) is 0 Å². The van der Waals surface area contributed by atoms with E-state index < -0.39 is 0 Å². The molecule has 0 bridgehead atoms. The summed E-state index contributed by atoms with van der Waals surface area (Å²) in [7, 11) is 0. The molecule has 3 aliphatic rings. The van der Waals surface area contributed by atoms with E-state index >= 15 is 0 Å². The van der Waals surface area contributed by atoms with Gasteiger partial charge < -0.3 is 4.90 Å². The Hall–Kier alpha value is -0.830. The smallest absolute Gasteiger partial charge is 0.225 e. The highest BCUT2D eigenvalue weighted by atomic mass is 16.2. The predicted octanol–water partition coefficient (Wildman–Crippen LogP) is 3.60. The SMILES string of the molecule is O=C(C1CCCCC1)N1CCN(CCC2=CCCCC2)CC1. The van der Waals surface area contributed by atoms with E-state index in [1.165, 1.54) is 57.9 Å². The summed E-state index contributed by atoms with van der Waals surface area (Å²) < 4.78 is 0. The number of piperazine rings is 1. The summed E-state index contributed by atoms with van der Waals surface area (Å²) in [6, 6.07) is 0. The van der Waals surface area contributed by atoms with Gasteiger partial charge in [-0.15, -0.1) is 0 Å². The van der Waals surface area contributed by atoms with Crippen molar-refractivity contribution in [3.8, 4) is 0 Å². The first-order valence-electron chi connectivity index (χ1n) is 9.52. The van der Waals surface area contributed by atoms with Crippen LogP contribution >= 0.6 is 0 Å². The van der Waals surface area contributed by atoms with Gasteiger partial charge >= 0.3 is 0 Å². The maximum absolute atomic E-state index is 12.6. The summed E-state index contributed by atoms with van der Waals surface area (Å²) in [4.78, 5) is 17.3. The lowest BCUT2D eigenvalue weighted by Gasteiger charge is -2.37. The van der Waals surface area contributed by atoms with Crippen LogP contribution in [0.3, 0.4) is 0 Å². The molecule has 3 nitrogen and oxygen atoms in total. The van der Waals surface area contributed by atoms with Gasteiger partial charge in [0, 0.05) is 38.6 Å². The number of allylic oxidation sites excluding steroid dienone is 1. The van der Waals surface area contributed by atoms with Crippen LogP contribution in [-0.2, 0) is 4.79 Å². The Bertz CT molecular complexity index is 390. The van der Waals surface area contributed by atoms with Crippen LogP contribution in [0.5, 0.6) is 0 Å². The van der Waals surface area contributed by atoms with Crippen LogP contribution in [0.25, 0.3) is 0 Å². The van der Waals surface area contributed by atoms with E-state index in [0.29, 0.717) is 11.8 Å². The Morgan fingerprint density at radius 3 is 2.45 bits per heavy atom. The van der Waals surface area contributed by atoms with E-state index in [2.05, 4.69) is 15.9 Å². The molecule has 0 unspecified atom stereocenters. The molecule has 0 atom stereocenters. The quantitative estimate of drug-likeness (QED) is 0.741. The van der Waals surface area contributed by atoms with Gasteiger partial charge in [0.15, 0.2) is 0 Å². The molecule has 0 N–H and O–H groups in total. The van der Waals surface area contributed by atoms with E-state index in [1.807, 2.05) is 0 Å². The minimum atomic E-state index is 0.340. The fraction of sp³-hybridized carbons (Fsp3) is 0.842. The first-order chi connectivity index (χ1) is 10.8. The Morgan fingerprint density at radius 1 is 1.00 bits per heavy atom. The van der Waals surface area contributed by atoms with Crippen LogP contribution < -0.4 is 0 Å². The minimum absolute atomic E-state index is 0.340. The molecule has 0 spiro atoms. The molecule has 0 aromatic rings. The second kappa shape index (κ2) is 8.14. The maximum Gasteiger partial charge on any atom is 0.225 e. The molecule has 1 saturated carbocycles. The number of carbonyl (C=O) groups excluding carboxylic acids is 1. The van der Waals surface area contributed by atoms with Crippen LogP contribution in [0.15, 0.2) is 11.6 Å². The zero-order valence-corrected chi connectivity index (χ0v) is 14.1. The third-order valence-electron chi connectivity index (χ3n) is 5.77. The Labute approximate surface area is 135 Å². The number of hydrogen-bond donors (Lipinski definition) is 0. The molecule has 124 valence electrons. The van der Waals surface area contributed by atoms with Crippen molar-refractivity contribution in [2.75, 3.05) is 32.7 Å². The highest BCUT2D eigenvalue weighted by Crippen LogP contribution is 2.26. The average Bonchev–Trinajstić information content (AvgIpc) is 2.61. The van der Waals surface area contributed by atoms with Crippen LogP contribution in [0, 0.1) is 5.92 Å². The van der Waals surface area contributed by atoms with E-state index in [9.17, 15) is 4.79 Å². The minimum Gasteiger partial charge on any atom is -0.340 e. The van der Waals surface area contributed by atoms with E-state index in [0.717, 1.165) is 39.0 Å². The van der Waals surface area contributed by atoms with E-state index in [-0.39, 0.29) is 0 Å². The molecule has 0 radical (unpaired) electrons. The molecule has 1 aliphatic heterocycles. The Morgan fingerprint density at radius 2 is 1.77 bits per heavy atom. The average molecular weight is 304 g/mol. The molecule has 2 aliphatic carbocycles. The zero-order chi connectivity index (χ0) is 15.2. The van der Waals surface area contributed by atoms with Crippen molar-refractivity contribution < 1.29 is 4.79 Å². The van der Waals surface area contributed by atoms with Gasteiger partial charge in [0.1, 0.15) is 0 Å². The third kappa shape index (κ3) is 4.34. The van der Waals surface area contributed by atoms with Gasteiger partial charge in [-0.3, -0.25) is 9.69 Å². The van der Waals surface area contributed by atoms with Crippen molar-refractivity contribution in [1.82, 2.24) is 9.80 Å². The lowest BCUT2D eigenvalue weighted by atomic mass is 9.88. The van der Waals surface area contributed by atoms with Crippen molar-refractivity contribution >= 4 is 5.91 Å². The summed E-state index contributed by atoms with van der Waals surface area (Å²) in [6.07, 6.45) is 15.2. The fourth-order valence-electron chi connectivity index (χ4n) is 4.23. The Kier molecular flexibility index (Phi) is 5.94. The first-order valence-corrected chi connectivity index (χ1v) is 9.52. The second-order valence-electron chi connectivity index (χ2n) is 7.36. The van der Waals surface area contributed by atoms with Gasteiger partial charge in [0.05, 0.1) is 0 Å². The monoisotopic (exact) mass is 304 g/mol. The number of rotatable bonds is 4. The second-order valence-corrected chi connectivity index (χ2v) is 7.36. The van der Waals surface area contributed by atoms with Gasteiger partial charge in [-0.05, 0) is 44.9 Å². The fourth-order valence-corrected chi connectivity index (χ4v) is 4.23. The molecule has 0 aromatic carbocycles. The molecule has 3 heteroatoms.